The van der Waals surface area contributed by atoms with Gasteiger partial charge >= 0.3 is 5.97 Å². The highest BCUT2D eigenvalue weighted by molar-refractivity contribution is 5.99. The molecule has 1 aliphatic rings. The summed E-state index contributed by atoms with van der Waals surface area (Å²) >= 11 is 0. The van der Waals surface area contributed by atoms with Gasteiger partial charge in [0.05, 0.1) is 35.2 Å². The first kappa shape index (κ1) is 19.3. The minimum Gasteiger partial charge on any atom is -0.494 e. The number of fused-ring (bicyclic) bond motifs is 2. The number of hydrogen-bond donors (Lipinski definition) is 2. The summed E-state index contributed by atoms with van der Waals surface area (Å²) in [5.41, 5.74) is 3.15. The number of benzene rings is 3. The van der Waals surface area contributed by atoms with E-state index in [0.29, 0.717) is 29.5 Å². The molecule has 6 heteroatoms. The van der Waals surface area contributed by atoms with E-state index >= 15 is 0 Å². The summed E-state index contributed by atoms with van der Waals surface area (Å²) in [7, 11) is 0. The van der Waals surface area contributed by atoms with E-state index in [1.807, 2.05) is 48.5 Å². The van der Waals surface area contributed by atoms with Gasteiger partial charge < -0.3 is 19.9 Å². The van der Waals surface area contributed by atoms with Crippen molar-refractivity contribution in [1.29, 1.82) is 5.26 Å². The lowest BCUT2D eigenvalue weighted by atomic mass is 10.0. The summed E-state index contributed by atoms with van der Waals surface area (Å²) in [6.45, 7) is 2.80. The molecule has 0 aromatic heterocycles. The quantitative estimate of drug-likeness (QED) is 0.389. The Morgan fingerprint density at radius 3 is 2.73 bits per heavy atom. The Bertz CT molecular complexity index is 1160. The molecule has 0 aliphatic carbocycles. The first-order chi connectivity index (χ1) is 14.6. The molecule has 3 aromatic carbocycles. The number of nitriles is 1. The summed E-state index contributed by atoms with van der Waals surface area (Å²) < 4.78 is 11.8. The van der Waals surface area contributed by atoms with Crippen molar-refractivity contribution >= 4 is 17.3 Å². The van der Waals surface area contributed by atoms with Gasteiger partial charge in [0.2, 0.25) is 0 Å². The van der Waals surface area contributed by atoms with Gasteiger partial charge in [0.15, 0.2) is 11.5 Å². The maximum atomic E-state index is 11.6. The van der Waals surface area contributed by atoms with Crippen molar-refractivity contribution in [2.45, 2.75) is 19.8 Å². The molecule has 150 valence electrons. The number of carboxylic acid groups (broad SMARTS) is 1. The summed E-state index contributed by atoms with van der Waals surface area (Å²) in [6, 6.07) is 18.4. The second kappa shape index (κ2) is 8.18. The summed E-state index contributed by atoms with van der Waals surface area (Å²) in [4.78, 5) is 11.6. The Morgan fingerprint density at radius 2 is 1.97 bits per heavy atom. The largest absolute Gasteiger partial charge is 0.494 e. The number of anilines is 2. The molecule has 1 heterocycles. The molecule has 0 fully saturated rings. The van der Waals surface area contributed by atoms with Gasteiger partial charge in [0.1, 0.15) is 5.75 Å². The summed E-state index contributed by atoms with van der Waals surface area (Å²) in [5.74, 6) is 0.559. The number of nitrogens with one attached hydrogen (secondary N) is 1. The van der Waals surface area contributed by atoms with E-state index in [9.17, 15) is 15.2 Å². The first-order valence-electron chi connectivity index (χ1n) is 9.72. The van der Waals surface area contributed by atoms with E-state index in [4.69, 9.17) is 9.47 Å². The molecule has 4 rings (SSSR count). The van der Waals surface area contributed by atoms with Crippen LogP contribution in [0, 0.1) is 11.3 Å². The molecule has 0 spiro atoms. The van der Waals surface area contributed by atoms with Crippen LogP contribution in [0.1, 0.15) is 35.7 Å². The third kappa shape index (κ3) is 3.78. The van der Waals surface area contributed by atoms with E-state index in [2.05, 4.69) is 12.2 Å². The Balaban J connectivity index is 1.66. The predicted molar refractivity (Wildman–Crippen MR) is 114 cm³/mol. The number of hydrogen-bond acceptors (Lipinski definition) is 5. The molecule has 0 unspecified atom stereocenters. The zero-order valence-corrected chi connectivity index (χ0v) is 16.4. The maximum absolute atomic E-state index is 11.6. The molecule has 1 aliphatic heterocycles. The number of carbonyl (C=O) groups is 1. The minimum absolute atomic E-state index is 0.00398. The Kier molecular flexibility index (Phi) is 5.27. The SMILES string of the molecule is CCCCOc1cccc(-c2ccc3c(c2)Oc2cc(C#N)cc(C(=O)O)c2N3)c1. The van der Waals surface area contributed by atoms with Crippen LogP contribution in [0.3, 0.4) is 0 Å². The number of ether oxygens (including phenoxy) is 2. The van der Waals surface area contributed by atoms with Gasteiger partial charge in [-0.05, 0) is 47.9 Å². The van der Waals surface area contributed by atoms with Gasteiger partial charge in [-0.3, -0.25) is 0 Å². The Morgan fingerprint density at radius 1 is 1.13 bits per heavy atom. The molecule has 3 aromatic rings. The standard InChI is InChI=1S/C24H20N2O4/c1-2-3-9-29-18-6-4-5-16(12-18)17-7-8-20-21(13-17)30-22-11-15(14-25)10-19(24(27)28)23(22)26-20/h4-8,10-13,26H,2-3,9H2,1H3,(H,27,28). The Labute approximate surface area is 174 Å². The fraction of sp³-hybridized carbons (Fsp3) is 0.167. The van der Waals surface area contributed by atoms with Crippen molar-refractivity contribution in [1.82, 2.24) is 0 Å². The molecule has 0 saturated carbocycles. The summed E-state index contributed by atoms with van der Waals surface area (Å²) in [5, 5.41) is 21.8. The number of aromatic carboxylic acids is 1. The fourth-order valence-corrected chi connectivity index (χ4v) is 3.30. The second-order valence-corrected chi connectivity index (χ2v) is 6.98. The van der Waals surface area contributed by atoms with Crippen LogP contribution in [0.2, 0.25) is 0 Å². The lowest BCUT2D eigenvalue weighted by Gasteiger charge is -2.24. The van der Waals surface area contributed by atoms with Gasteiger partial charge in [-0.2, -0.15) is 5.26 Å². The third-order valence-electron chi connectivity index (χ3n) is 4.86. The average Bonchev–Trinajstić information content (AvgIpc) is 2.76. The third-order valence-corrected chi connectivity index (χ3v) is 4.86. The molecular formula is C24H20N2O4. The molecule has 2 N–H and O–H groups in total. The monoisotopic (exact) mass is 400 g/mol. The molecule has 0 radical (unpaired) electrons. The first-order valence-corrected chi connectivity index (χ1v) is 9.72. The van der Waals surface area contributed by atoms with Crippen molar-refractivity contribution in [3.8, 4) is 34.4 Å². The number of nitrogens with zero attached hydrogens (tertiary/aromatic N) is 1. The lowest BCUT2D eigenvalue weighted by Crippen LogP contribution is -2.09. The van der Waals surface area contributed by atoms with Crippen LogP contribution in [-0.4, -0.2) is 17.7 Å². The molecule has 0 amide bonds. The van der Waals surface area contributed by atoms with Gasteiger partial charge in [0, 0.05) is 6.07 Å². The van der Waals surface area contributed by atoms with Crippen molar-refractivity contribution in [2.24, 2.45) is 0 Å². The van der Waals surface area contributed by atoms with E-state index in [1.165, 1.54) is 12.1 Å². The van der Waals surface area contributed by atoms with Crippen LogP contribution in [0.15, 0.2) is 54.6 Å². The molecule has 0 saturated heterocycles. The number of unbranched alkanes of at least 4 members (excludes halogenated alkanes) is 1. The predicted octanol–water partition coefficient (Wildman–Crippen LogP) is 5.95. The number of rotatable bonds is 6. The van der Waals surface area contributed by atoms with Crippen LogP contribution in [0.5, 0.6) is 17.2 Å². The van der Waals surface area contributed by atoms with Crippen LogP contribution in [-0.2, 0) is 0 Å². The normalized spacial score (nSPS) is 11.3. The van der Waals surface area contributed by atoms with Crippen LogP contribution < -0.4 is 14.8 Å². The van der Waals surface area contributed by atoms with E-state index in [1.54, 1.807) is 0 Å². The Hall–Kier alpha value is -3.98. The smallest absolute Gasteiger partial charge is 0.338 e. The van der Waals surface area contributed by atoms with Gasteiger partial charge in [-0.1, -0.05) is 31.5 Å². The highest BCUT2D eigenvalue weighted by Crippen LogP contribution is 2.45. The second-order valence-electron chi connectivity index (χ2n) is 6.98. The highest BCUT2D eigenvalue weighted by atomic mass is 16.5. The van der Waals surface area contributed by atoms with E-state index in [-0.39, 0.29) is 11.1 Å². The van der Waals surface area contributed by atoms with Crippen molar-refractivity contribution in [3.63, 3.8) is 0 Å². The molecule has 0 bridgehead atoms. The van der Waals surface area contributed by atoms with Gasteiger partial charge in [-0.15, -0.1) is 0 Å². The van der Waals surface area contributed by atoms with Crippen LogP contribution >= 0.6 is 0 Å². The van der Waals surface area contributed by atoms with Crippen molar-refractivity contribution in [2.75, 3.05) is 11.9 Å². The van der Waals surface area contributed by atoms with Crippen molar-refractivity contribution < 1.29 is 19.4 Å². The average molecular weight is 400 g/mol. The zero-order chi connectivity index (χ0) is 21.1. The van der Waals surface area contributed by atoms with Crippen molar-refractivity contribution in [3.05, 3.63) is 65.7 Å². The highest BCUT2D eigenvalue weighted by Gasteiger charge is 2.24. The molecule has 6 nitrogen and oxygen atoms in total. The fourth-order valence-electron chi connectivity index (χ4n) is 3.30. The van der Waals surface area contributed by atoms with E-state index < -0.39 is 5.97 Å². The number of carboxylic acids is 1. The molecular weight excluding hydrogens is 380 g/mol. The minimum atomic E-state index is -1.13. The maximum Gasteiger partial charge on any atom is 0.338 e. The van der Waals surface area contributed by atoms with E-state index in [0.717, 1.165) is 29.7 Å². The zero-order valence-electron chi connectivity index (χ0n) is 16.4. The lowest BCUT2D eigenvalue weighted by molar-refractivity contribution is 0.0697. The van der Waals surface area contributed by atoms with Gasteiger partial charge in [0.25, 0.3) is 0 Å². The van der Waals surface area contributed by atoms with Gasteiger partial charge in [-0.25, -0.2) is 4.79 Å². The molecule has 30 heavy (non-hydrogen) atoms. The summed E-state index contributed by atoms with van der Waals surface area (Å²) in [6.07, 6.45) is 2.08. The van der Waals surface area contributed by atoms with Crippen LogP contribution in [0.4, 0.5) is 11.4 Å². The topological polar surface area (TPSA) is 91.6 Å². The van der Waals surface area contributed by atoms with Crippen LogP contribution in [0.25, 0.3) is 11.1 Å². The molecule has 0 atom stereocenters.